The Balaban J connectivity index is 2.28. The largest absolute Gasteiger partial charge is 0.473 e. The molecule has 0 bridgehead atoms. The molecule has 106 valence electrons. The number of aryl methyl sites for hydroxylation is 1. The number of ether oxygens (including phenoxy) is 1. The van der Waals surface area contributed by atoms with Gasteiger partial charge in [0.05, 0.1) is 5.56 Å². The fourth-order valence-electron chi connectivity index (χ4n) is 1.79. The molecule has 2 N–H and O–H groups in total. The molecule has 6 heteroatoms. The average molecular weight is 282 g/mol. The number of benzene rings is 1. The van der Waals surface area contributed by atoms with Crippen LogP contribution >= 0.6 is 0 Å². The number of nitrogen functional groups attached to an aromatic ring is 1. The van der Waals surface area contributed by atoms with E-state index in [1.54, 1.807) is 19.1 Å². The summed E-state index contributed by atoms with van der Waals surface area (Å²) in [6.07, 6.45) is -2.95. The van der Waals surface area contributed by atoms with Gasteiger partial charge in [-0.25, -0.2) is 4.98 Å². The highest BCUT2D eigenvalue weighted by Crippen LogP contribution is 2.34. The van der Waals surface area contributed by atoms with Gasteiger partial charge in [-0.2, -0.15) is 13.2 Å². The second kappa shape index (κ2) is 5.40. The fourth-order valence-corrected chi connectivity index (χ4v) is 1.79. The van der Waals surface area contributed by atoms with Crippen molar-refractivity contribution in [3.63, 3.8) is 0 Å². The van der Waals surface area contributed by atoms with Crippen LogP contribution in [0.5, 0.6) is 5.88 Å². The van der Waals surface area contributed by atoms with Gasteiger partial charge in [0, 0.05) is 23.0 Å². The van der Waals surface area contributed by atoms with Crippen molar-refractivity contribution in [2.75, 3.05) is 5.73 Å². The highest BCUT2D eigenvalue weighted by molar-refractivity contribution is 5.51. The Hall–Kier alpha value is -2.24. The van der Waals surface area contributed by atoms with Gasteiger partial charge in [-0.05, 0) is 25.1 Å². The molecule has 1 aromatic heterocycles. The lowest BCUT2D eigenvalue weighted by atomic mass is 10.1. The van der Waals surface area contributed by atoms with Crippen molar-refractivity contribution < 1.29 is 17.9 Å². The molecular formula is C14H13F3N2O. The average Bonchev–Trinajstić information content (AvgIpc) is 2.37. The molecule has 2 rings (SSSR count). The van der Waals surface area contributed by atoms with Crippen LogP contribution in [-0.2, 0) is 12.8 Å². The van der Waals surface area contributed by atoms with Gasteiger partial charge in [-0.1, -0.05) is 12.1 Å². The number of rotatable bonds is 3. The summed E-state index contributed by atoms with van der Waals surface area (Å²) in [7, 11) is 0. The molecule has 0 aliphatic carbocycles. The topological polar surface area (TPSA) is 48.1 Å². The third-order valence-electron chi connectivity index (χ3n) is 2.83. The first-order chi connectivity index (χ1) is 9.39. The summed E-state index contributed by atoms with van der Waals surface area (Å²) in [5, 5.41) is 0. The van der Waals surface area contributed by atoms with Gasteiger partial charge in [-0.3, -0.25) is 0 Å². The highest BCUT2D eigenvalue weighted by Gasteiger charge is 2.34. The molecule has 0 unspecified atom stereocenters. The Bertz CT molecular complexity index is 612. The molecule has 1 aromatic carbocycles. The summed E-state index contributed by atoms with van der Waals surface area (Å²) in [6, 6.07) is 7.16. The van der Waals surface area contributed by atoms with Gasteiger partial charge in [-0.15, -0.1) is 0 Å². The van der Waals surface area contributed by atoms with E-state index < -0.39 is 11.7 Å². The Morgan fingerprint density at radius 2 is 1.95 bits per heavy atom. The minimum Gasteiger partial charge on any atom is -0.473 e. The number of hydrogen-bond donors (Lipinski definition) is 1. The quantitative estimate of drug-likeness (QED) is 0.875. The first kappa shape index (κ1) is 14.2. The molecule has 0 aliphatic heterocycles. The van der Waals surface area contributed by atoms with E-state index >= 15 is 0 Å². The molecular weight excluding hydrogens is 269 g/mol. The predicted octanol–water partition coefficient (Wildman–Crippen LogP) is 3.57. The molecule has 0 aliphatic rings. The van der Waals surface area contributed by atoms with Crippen LogP contribution in [0, 0.1) is 6.92 Å². The van der Waals surface area contributed by atoms with Crippen molar-refractivity contribution in [1.29, 1.82) is 0 Å². The third-order valence-corrected chi connectivity index (χ3v) is 2.83. The molecule has 0 radical (unpaired) electrons. The molecule has 0 fully saturated rings. The summed E-state index contributed by atoms with van der Waals surface area (Å²) in [5.74, 6) is 0.295. The molecule has 3 nitrogen and oxygen atoms in total. The maximum Gasteiger partial charge on any atom is 0.416 e. The molecule has 0 saturated carbocycles. The van der Waals surface area contributed by atoms with Crippen LogP contribution in [0.4, 0.5) is 18.9 Å². The molecule has 0 spiro atoms. The maximum absolute atomic E-state index is 12.9. The molecule has 20 heavy (non-hydrogen) atoms. The van der Waals surface area contributed by atoms with Crippen molar-refractivity contribution in [3.05, 3.63) is 53.2 Å². The number of nitrogens with two attached hydrogens (primary N) is 1. The second-order valence-corrected chi connectivity index (χ2v) is 4.29. The Morgan fingerprint density at radius 1 is 1.20 bits per heavy atom. The van der Waals surface area contributed by atoms with Crippen molar-refractivity contribution in [2.45, 2.75) is 19.7 Å². The van der Waals surface area contributed by atoms with Crippen molar-refractivity contribution >= 4 is 5.69 Å². The van der Waals surface area contributed by atoms with Crippen molar-refractivity contribution in [3.8, 4) is 5.88 Å². The zero-order chi connectivity index (χ0) is 14.8. The van der Waals surface area contributed by atoms with Gasteiger partial charge >= 0.3 is 6.18 Å². The van der Waals surface area contributed by atoms with E-state index in [9.17, 15) is 13.2 Å². The van der Waals surface area contributed by atoms with Gasteiger partial charge in [0.1, 0.15) is 6.61 Å². The lowest BCUT2D eigenvalue weighted by molar-refractivity contribution is -0.138. The van der Waals surface area contributed by atoms with E-state index in [0.29, 0.717) is 5.88 Å². The van der Waals surface area contributed by atoms with Gasteiger partial charge in [0.15, 0.2) is 0 Å². The van der Waals surface area contributed by atoms with Gasteiger partial charge < -0.3 is 10.5 Å². The second-order valence-electron chi connectivity index (χ2n) is 4.29. The SMILES string of the molecule is Cc1cccnc1OCc1c(N)cccc1C(F)(F)F. The molecule has 0 saturated heterocycles. The van der Waals surface area contributed by atoms with Crippen molar-refractivity contribution in [2.24, 2.45) is 0 Å². The number of hydrogen-bond acceptors (Lipinski definition) is 3. The summed E-state index contributed by atoms with van der Waals surface area (Å²) in [5.41, 5.74) is 5.55. The van der Waals surface area contributed by atoms with E-state index in [1.807, 2.05) is 0 Å². The number of nitrogens with zero attached hydrogens (tertiary/aromatic N) is 1. The number of alkyl halides is 3. The van der Waals surface area contributed by atoms with E-state index in [2.05, 4.69) is 4.98 Å². The van der Waals surface area contributed by atoms with Crippen LogP contribution in [-0.4, -0.2) is 4.98 Å². The van der Waals surface area contributed by atoms with Crippen LogP contribution in [0.15, 0.2) is 36.5 Å². The van der Waals surface area contributed by atoms with E-state index in [-0.39, 0.29) is 17.9 Å². The summed E-state index contributed by atoms with van der Waals surface area (Å²) >= 11 is 0. The number of pyridine rings is 1. The predicted molar refractivity (Wildman–Crippen MR) is 69.2 cm³/mol. The summed E-state index contributed by atoms with van der Waals surface area (Å²) in [6.45, 7) is 1.49. The summed E-state index contributed by atoms with van der Waals surface area (Å²) < 4.78 is 44.1. The maximum atomic E-state index is 12.9. The zero-order valence-corrected chi connectivity index (χ0v) is 10.7. The Morgan fingerprint density at radius 3 is 2.60 bits per heavy atom. The van der Waals surface area contributed by atoms with E-state index in [1.165, 1.54) is 18.3 Å². The molecule has 0 amide bonds. The number of aromatic nitrogens is 1. The van der Waals surface area contributed by atoms with Crippen LogP contribution < -0.4 is 10.5 Å². The number of anilines is 1. The van der Waals surface area contributed by atoms with Crippen LogP contribution in [0.3, 0.4) is 0 Å². The van der Waals surface area contributed by atoms with E-state index in [4.69, 9.17) is 10.5 Å². The lowest BCUT2D eigenvalue weighted by Gasteiger charge is -2.15. The van der Waals surface area contributed by atoms with Gasteiger partial charge in [0.25, 0.3) is 0 Å². The Labute approximate surface area is 114 Å². The highest BCUT2D eigenvalue weighted by atomic mass is 19.4. The van der Waals surface area contributed by atoms with Crippen LogP contribution in [0.25, 0.3) is 0 Å². The standard InChI is InChI=1S/C14H13F3N2O/c1-9-4-3-7-19-13(9)20-8-10-11(14(15,16)17)5-2-6-12(10)18/h2-7H,8,18H2,1H3. The van der Waals surface area contributed by atoms with Crippen LogP contribution in [0.1, 0.15) is 16.7 Å². The minimum atomic E-state index is -4.47. The first-order valence-electron chi connectivity index (χ1n) is 5.88. The Kier molecular flexibility index (Phi) is 3.83. The molecule has 2 aromatic rings. The lowest BCUT2D eigenvalue weighted by Crippen LogP contribution is -2.13. The third kappa shape index (κ3) is 3.01. The minimum absolute atomic E-state index is 0.0495. The normalized spacial score (nSPS) is 11.4. The smallest absolute Gasteiger partial charge is 0.416 e. The van der Waals surface area contributed by atoms with E-state index in [0.717, 1.165) is 11.6 Å². The molecule has 1 heterocycles. The monoisotopic (exact) mass is 282 g/mol. The van der Waals surface area contributed by atoms with Crippen molar-refractivity contribution in [1.82, 2.24) is 4.98 Å². The first-order valence-corrected chi connectivity index (χ1v) is 5.88. The van der Waals surface area contributed by atoms with Gasteiger partial charge in [0.2, 0.25) is 5.88 Å². The fraction of sp³-hybridized carbons (Fsp3) is 0.214. The van der Waals surface area contributed by atoms with Crippen LogP contribution in [0.2, 0.25) is 0 Å². The number of halogens is 3. The molecule has 0 atom stereocenters. The zero-order valence-electron chi connectivity index (χ0n) is 10.7. The summed E-state index contributed by atoms with van der Waals surface area (Å²) in [4.78, 5) is 3.97.